The van der Waals surface area contributed by atoms with Crippen LogP contribution < -0.4 is 10.1 Å². The lowest BCUT2D eigenvalue weighted by molar-refractivity contribution is 0.412. The SMILES string of the molecule is COc1ccc(C(C)Nc2cc(Br)c(F)cc2C)cc1Br. The highest BCUT2D eigenvalue weighted by molar-refractivity contribution is 9.10. The summed E-state index contributed by atoms with van der Waals surface area (Å²) in [7, 11) is 1.64. The Bertz CT molecular complexity index is 661. The van der Waals surface area contributed by atoms with Gasteiger partial charge < -0.3 is 10.1 Å². The Balaban J connectivity index is 2.23. The van der Waals surface area contributed by atoms with Crippen LogP contribution in [0.4, 0.5) is 10.1 Å². The molecule has 2 aromatic rings. The van der Waals surface area contributed by atoms with Crippen LogP contribution in [0.5, 0.6) is 5.75 Å². The third kappa shape index (κ3) is 3.77. The molecule has 0 spiro atoms. The number of rotatable bonds is 4. The van der Waals surface area contributed by atoms with Gasteiger partial charge >= 0.3 is 0 Å². The Morgan fingerprint density at radius 2 is 1.86 bits per heavy atom. The molecule has 1 atom stereocenters. The minimum Gasteiger partial charge on any atom is -0.496 e. The zero-order valence-corrected chi connectivity index (χ0v) is 15.2. The van der Waals surface area contributed by atoms with Gasteiger partial charge in [0.1, 0.15) is 11.6 Å². The van der Waals surface area contributed by atoms with Crippen molar-refractivity contribution in [3.05, 3.63) is 56.2 Å². The Morgan fingerprint density at radius 1 is 1.14 bits per heavy atom. The van der Waals surface area contributed by atoms with Crippen LogP contribution in [-0.4, -0.2) is 7.11 Å². The largest absolute Gasteiger partial charge is 0.496 e. The van der Waals surface area contributed by atoms with Crippen molar-refractivity contribution in [1.82, 2.24) is 0 Å². The predicted molar refractivity (Wildman–Crippen MR) is 91.6 cm³/mol. The van der Waals surface area contributed by atoms with Gasteiger partial charge in [0.05, 0.1) is 16.1 Å². The van der Waals surface area contributed by atoms with E-state index in [0.29, 0.717) is 4.47 Å². The molecule has 112 valence electrons. The lowest BCUT2D eigenvalue weighted by atomic mass is 10.1. The molecule has 0 aliphatic heterocycles. The summed E-state index contributed by atoms with van der Waals surface area (Å²) >= 11 is 6.70. The highest BCUT2D eigenvalue weighted by Crippen LogP contribution is 2.31. The van der Waals surface area contributed by atoms with E-state index in [1.165, 1.54) is 6.07 Å². The molecule has 0 radical (unpaired) electrons. The predicted octanol–water partition coefficient (Wildman–Crippen LogP) is 5.84. The average molecular weight is 417 g/mol. The molecule has 2 aromatic carbocycles. The summed E-state index contributed by atoms with van der Waals surface area (Å²) in [4.78, 5) is 0. The molecule has 0 fully saturated rings. The third-order valence-electron chi connectivity index (χ3n) is 3.32. The van der Waals surface area contributed by atoms with Crippen LogP contribution in [0.3, 0.4) is 0 Å². The van der Waals surface area contributed by atoms with Crippen LogP contribution in [0.15, 0.2) is 39.3 Å². The van der Waals surface area contributed by atoms with Gasteiger partial charge in [0.25, 0.3) is 0 Å². The molecular weight excluding hydrogens is 401 g/mol. The van der Waals surface area contributed by atoms with E-state index >= 15 is 0 Å². The van der Waals surface area contributed by atoms with E-state index in [1.54, 1.807) is 13.2 Å². The first-order valence-corrected chi connectivity index (χ1v) is 8.06. The Labute approximate surface area is 141 Å². The highest BCUT2D eigenvalue weighted by atomic mass is 79.9. The van der Waals surface area contributed by atoms with E-state index in [1.807, 2.05) is 25.1 Å². The summed E-state index contributed by atoms with van der Waals surface area (Å²) in [6.07, 6.45) is 0. The van der Waals surface area contributed by atoms with E-state index in [-0.39, 0.29) is 11.9 Å². The average Bonchev–Trinajstić information content (AvgIpc) is 2.44. The molecule has 5 heteroatoms. The van der Waals surface area contributed by atoms with Crippen molar-refractivity contribution < 1.29 is 9.13 Å². The van der Waals surface area contributed by atoms with Gasteiger partial charge in [-0.15, -0.1) is 0 Å². The summed E-state index contributed by atoms with van der Waals surface area (Å²) < 4.78 is 20.1. The maximum atomic E-state index is 13.5. The van der Waals surface area contributed by atoms with Gasteiger partial charge in [0.15, 0.2) is 0 Å². The zero-order valence-electron chi connectivity index (χ0n) is 12.0. The van der Waals surface area contributed by atoms with Gasteiger partial charge in [0, 0.05) is 11.7 Å². The van der Waals surface area contributed by atoms with Crippen molar-refractivity contribution in [1.29, 1.82) is 0 Å². The van der Waals surface area contributed by atoms with Gasteiger partial charge in [-0.05, 0) is 81.1 Å². The number of methoxy groups -OCH3 is 1. The maximum Gasteiger partial charge on any atom is 0.137 e. The lowest BCUT2D eigenvalue weighted by Gasteiger charge is -2.19. The second kappa shape index (κ2) is 6.79. The smallest absolute Gasteiger partial charge is 0.137 e. The Hall–Kier alpha value is -1.07. The van der Waals surface area contributed by atoms with Gasteiger partial charge in [-0.25, -0.2) is 4.39 Å². The maximum absolute atomic E-state index is 13.5. The van der Waals surface area contributed by atoms with E-state index in [4.69, 9.17) is 4.74 Å². The molecule has 2 rings (SSSR count). The number of anilines is 1. The van der Waals surface area contributed by atoms with E-state index in [9.17, 15) is 4.39 Å². The molecule has 1 N–H and O–H groups in total. The monoisotopic (exact) mass is 415 g/mol. The van der Waals surface area contributed by atoms with Crippen LogP contribution in [0.2, 0.25) is 0 Å². The Kier molecular flexibility index (Phi) is 5.27. The van der Waals surface area contributed by atoms with Crippen molar-refractivity contribution in [2.45, 2.75) is 19.9 Å². The standard InChI is InChI=1S/C16H16Br2FNO/c1-9-6-14(19)12(17)8-15(9)20-10(2)11-4-5-16(21-3)13(18)7-11/h4-8,10,20H,1-3H3. The number of ether oxygens (including phenoxy) is 1. The summed E-state index contributed by atoms with van der Waals surface area (Å²) in [5.41, 5.74) is 2.89. The molecule has 2 nitrogen and oxygen atoms in total. The number of benzene rings is 2. The van der Waals surface area contributed by atoms with Crippen LogP contribution in [0.25, 0.3) is 0 Å². The molecule has 21 heavy (non-hydrogen) atoms. The van der Waals surface area contributed by atoms with E-state index in [2.05, 4.69) is 44.1 Å². The van der Waals surface area contributed by atoms with Crippen molar-refractivity contribution in [2.75, 3.05) is 12.4 Å². The molecule has 0 saturated heterocycles. The van der Waals surface area contributed by atoms with Gasteiger partial charge in [0.2, 0.25) is 0 Å². The van der Waals surface area contributed by atoms with Crippen molar-refractivity contribution in [2.24, 2.45) is 0 Å². The first-order valence-electron chi connectivity index (χ1n) is 6.48. The third-order valence-corrected chi connectivity index (χ3v) is 4.54. The van der Waals surface area contributed by atoms with E-state index < -0.39 is 0 Å². The first kappa shape index (κ1) is 16.3. The van der Waals surface area contributed by atoms with Crippen molar-refractivity contribution in [3.8, 4) is 5.75 Å². The number of halogens is 3. The Morgan fingerprint density at radius 3 is 2.48 bits per heavy atom. The topological polar surface area (TPSA) is 21.3 Å². The fraction of sp³-hybridized carbons (Fsp3) is 0.250. The van der Waals surface area contributed by atoms with Crippen LogP contribution in [0.1, 0.15) is 24.1 Å². The number of aryl methyl sites for hydroxylation is 1. The molecular formula is C16H16Br2FNO. The normalized spacial score (nSPS) is 12.1. The molecule has 0 aromatic heterocycles. The second-order valence-electron chi connectivity index (χ2n) is 4.84. The zero-order chi connectivity index (χ0) is 15.6. The van der Waals surface area contributed by atoms with Gasteiger partial charge in [-0.2, -0.15) is 0 Å². The first-order chi connectivity index (χ1) is 9.92. The minimum atomic E-state index is -0.252. The van der Waals surface area contributed by atoms with Gasteiger partial charge in [-0.1, -0.05) is 6.07 Å². The van der Waals surface area contributed by atoms with Crippen LogP contribution in [0, 0.1) is 12.7 Å². The van der Waals surface area contributed by atoms with Gasteiger partial charge in [-0.3, -0.25) is 0 Å². The van der Waals surface area contributed by atoms with Crippen LogP contribution in [-0.2, 0) is 0 Å². The molecule has 0 aliphatic carbocycles. The molecule has 1 unspecified atom stereocenters. The lowest BCUT2D eigenvalue weighted by Crippen LogP contribution is -2.08. The summed E-state index contributed by atoms with van der Waals surface area (Å²) in [6.45, 7) is 3.94. The number of nitrogens with one attached hydrogen (secondary N) is 1. The van der Waals surface area contributed by atoms with E-state index in [0.717, 1.165) is 27.0 Å². The summed E-state index contributed by atoms with van der Waals surface area (Å²) in [6, 6.07) is 9.32. The second-order valence-corrected chi connectivity index (χ2v) is 6.55. The number of hydrogen-bond donors (Lipinski definition) is 1. The minimum absolute atomic E-state index is 0.0864. The highest BCUT2D eigenvalue weighted by Gasteiger charge is 2.11. The molecule has 0 aliphatic rings. The molecule has 0 heterocycles. The summed E-state index contributed by atoms with van der Waals surface area (Å²) in [5.74, 6) is 0.546. The quantitative estimate of drug-likeness (QED) is 0.675. The molecule has 0 amide bonds. The summed E-state index contributed by atoms with van der Waals surface area (Å²) in [5, 5.41) is 3.40. The van der Waals surface area contributed by atoms with Crippen LogP contribution >= 0.6 is 31.9 Å². The molecule has 0 saturated carbocycles. The fourth-order valence-corrected chi connectivity index (χ4v) is 2.97. The van der Waals surface area contributed by atoms with Crippen molar-refractivity contribution in [3.63, 3.8) is 0 Å². The van der Waals surface area contributed by atoms with Crippen molar-refractivity contribution >= 4 is 37.5 Å². The number of hydrogen-bond acceptors (Lipinski definition) is 2. The fourth-order valence-electron chi connectivity index (χ4n) is 2.07. The molecule has 0 bridgehead atoms.